The van der Waals surface area contributed by atoms with Crippen LogP contribution in [0.3, 0.4) is 0 Å². The molecule has 4 aliphatic rings. The zero-order valence-electron chi connectivity index (χ0n) is 40.3. The number of fused-ring (bicyclic) bond motifs is 2. The standard InChI is InChI=1S/C46H74N12O10S2/c1-30(59)49-12-18-68-24-23-65-17-6-11-40(62)54-33-26-31(43(63)52-15-21-66-19-13-50-38(60)9-4-2-7-36-41-34(28-69-36)55-45(47)57-41)25-32(27-33)44(64)53-16-22-67-20-14-51-39(61)10-5-3-8-37-42-35(29-70-37)56-46(48)58-42/h25-27,34-37,41-42H,2-24,28-29H2,1H3,(H,49,59)(H,50,60)(H,51,61)(H,52,63)(H,53,64)(H,54,62)(H3,47,55,57)(H3,48,56,58). The molecule has 0 radical (unpaired) electrons. The van der Waals surface area contributed by atoms with E-state index in [2.05, 4.69) is 52.5 Å². The topological polar surface area (TPSA) is 312 Å². The number of amides is 6. The van der Waals surface area contributed by atoms with Crippen LogP contribution in [0, 0.1) is 0 Å². The van der Waals surface area contributed by atoms with Gasteiger partial charge in [-0.05, 0) is 50.3 Å². The summed E-state index contributed by atoms with van der Waals surface area (Å²) in [6.45, 7) is 5.15. The van der Waals surface area contributed by atoms with E-state index in [0.29, 0.717) is 99.8 Å². The molecule has 2 fully saturated rings. The normalized spacial score (nSPS) is 20.8. The third kappa shape index (κ3) is 20.8. The minimum atomic E-state index is -0.473. The van der Waals surface area contributed by atoms with Gasteiger partial charge in [0.25, 0.3) is 11.8 Å². The third-order valence-electron chi connectivity index (χ3n) is 11.7. The predicted octanol–water partition coefficient (Wildman–Crippen LogP) is -0.0384. The summed E-state index contributed by atoms with van der Waals surface area (Å²) in [6.07, 6.45) is 6.85. The van der Waals surface area contributed by atoms with E-state index < -0.39 is 11.8 Å². The number of guanidine groups is 2. The number of hydrogen-bond acceptors (Lipinski definition) is 18. The molecule has 2 saturated heterocycles. The molecule has 4 heterocycles. The average Bonchev–Trinajstić information content (AvgIpc) is 4.10. The number of aliphatic imine (C=N–C) groups is 2. The van der Waals surface area contributed by atoms with Gasteiger partial charge in [-0.15, -0.1) is 0 Å². The van der Waals surface area contributed by atoms with Crippen molar-refractivity contribution in [2.45, 2.75) is 106 Å². The van der Waals surface area contributed by atoms with Crippen LogP contribution in [0.25, 0.3) is 0 Å². The summed E-state index contributed by atoms with van der Waals surface area (Å²) >= 11 is 3.82. The molecule has 6 unspecified atom stereocenters. The van der Waals surface area contributed by atoms with Crippen molar-refractivity contribution >= 4 is 76.6 Å². The molecule has 6 atom stereocenters. The maximum Gasteiger partial charge on any atom is 0.251 e. The maximum atomic E-state index is 13.3. The summed E-state index contributed by atoms with van der Waals surface area (Å²) in [5, 5.41) is 24.0. The number of benzene rings is 1. The molecule has 6 amide bonds. The first-order valence-corrected chi connectivity index (χ1v) is 26.6. The van der Waals surface area contributed by atoms with Crippen molar-refractivity contribution in [3.63, 3.8) is 0 Å². The van der Waals surface area contributed by atoms with Gasteiger partial charge in [0.2, 0.25) is 23.6 Å². The van der Waals surface area contributed by atoms with E-state index in [0.717, 1.165) is 50.0 Å². The summed E-state index contributed by atoms with van der Waals surface area (Å²) in [5.41, 5.74) is 12.2. The molecule has 4 aliphatic heterocycles. The molecular weight excluding hydrogens is 945 g/mol. The van der Waals surface area contributed by atoms with Crippen LogP contribution >= 0.6 is 23.5 Å². The number of rotatable bonds is 35. The van der Waals surface area contributed by atoms with Gasteiger partial charge in [0.15, 0.2) is 11.9 Å². The van der Waals surface area contributed by atoms with Crippen LogP contribution in [0.4, 0.5) is 5.69 Å². The Hall–Kier alpha value is -4.88. The van der Waals surface area contributed by atoms with Crippen LogP contribution in [-0.4, -0.2) is 179 Å². The van der Waals surface area contributed by atoms with E-state index in [4.69, 9.17) is 30.4 Å². The van der Waals surface area contributed by atoms with Crippen LogP contribution < -0.4 is 54.0 Å². The lowest BCUT2D eigenvalue weighted by Crippen LogP contribution is -2.38. The fourth-order valence-electron chi connectivity index (χ4n) is 8.24. The smallest absolute Gasteiger partial charge is 0.251 e. The van der Waals surface area contributed by atoms with E-state index in [9.17, 15) is 28.8 Å². The van der Waals surface area contributed by atoms with Gasteiger partial charge >= 0.3 is 0 Å². The molecule has 5 rings (SSSR count). The molecule has 22 nitrogen and oxygen atoms in total. The Labute approximate surface area is 419 Å². The average molecular weight is 1020 g/mol. The van der Waals surface area contributed by atoms with Crippen molar-refractivity contribution in [1.29, 1.82) is 0 Å². The van der Waals surface area contributed by atoms with Crippen molar-refractivity contribution in [1.82, 2.24) is 37.2 Å². The molecule has 0 spiro atoms. The highest BCUT2D eigenvalue weighted by atomic mass is 32.2. The predicted molar refractivity (Wildman–Crippen MR) is 271 cm³/mol. The Morgan fingerprint density at radius 1 is 0.557 bits per heavy atom. The molecule has 1 aromatic carbocycles. The summed E-state index contributed by atoms with van der Waals surface area (Å²) in [6, 6.07) is 5.51. The molecule has 0 bridgehead atoms. The van der Waals surface area contributed by atoms with Gasteiger partial charge in [-0.25, -0.2) is 9.98 Å². The second kappa shape index (κ2) is 31.5. The second-order valence-electron chi connectivity index (χ2n) is 17.3. The van der Waals surface area contributed by atoms with E-state index in [1.807, 2.05) is 23.5 Å². The van der Waals surface area contributed by atoms with Crippen LogP contribution in [-0.2, 0) is 38.1 Å². The molecule has 24 heteroatoms. The van der Waals surface area contributed by atoms with Gasteiger partial charge in [-0.3, -0.25) is 28.8 Å². The van der Waals surface area contributed by atoms with Gasteiger partial charge in [-0.2, -0.15) is 23.5 Å². The lowest BCUT2D eigenvalue weighted by Gasteiger charge is -2.14. The zero-order chi connectivity index (χ0) is 49.9. The van der Waals surface area contributed by atoms with Crippen molar-refractivity contribution in [2.75, 3.05) is 102 Å². The molecule has 0 aromatic heterocycles. The summed E-state index contributed by atoms with van der Waals surface area (Å²) in [5.74, 6) is 1.56. The minimum absolute atomic E-state index is 0.0379. The Balaban J connectivity index is 0.957. The van der Waals surface area contributed by atoms with Gasteiger partial charge in [0.1, 0.15) is 0 Å². The Bertz CT molecular complexity index is 1830. The molecular formula is C46H74N12O10S2. The minimum Gasteiger partial charge on any atom is -0.379 e. The number of nitrogens with two attached hydrogens (primary N) is 2. The number of hydrogen-bond donors (Lipinski definition) is 10. The highest BCUT2D eigenvalue weighted by molar-refractivity contribution is 8.00. The fraction of sp³-hybridized carbons (Fsp3) is 0.696. The number of thioether (sulfide) groups is 2. The number of unbranched alkanes of at least 4 members (excludes halogenated alkanes) is 2. The van der Waals surface area contributed by atoms with E-state index in [-0.39, 0.29) is 98.5 Å². The van der Waals surface area contributed by atoms with Gasteiger partial charge < -0.3 is 72.9 Å². The Kier molecular flexibility index (Phi) is 25.2. The van der Waals surface area contributed by atoms with E-state index >= 15 is 0 Å². The molecule has 1 aromatic rings. The molecule has 0 aliphatic carbocycles. The molecule has 12 N–H and O–H groups in total. The molecule has 0 saturated carbocycles. The highest BCUT2D eigenvalue weighted by Gasteiger charge is 2.41. The third-order valence-corrected chi connectivity index (χ3v) is 14.7. The van der Waals surface area contributed by atoms with Crippen LogP contribution in [0.1, 0.15) is 91.8 Å². The van der Waals surface area contributed by atoms with Crippen LogP contribution in [0.2, 0.25) is 0 Å². The summed E-state index contributed by atoms with van der Waals surface area (Å²) < 4.78 is 22.2. The van der Waals surface area contributed by atoms with Crippen molar-refractivity contribution in [2.24, 2.45) is 21.5 Å². The van der Waals surface area contributed by atoms with Crippen LogP contribution in [0.5, 0.6) is 0 Å². The van der Waals surface area contributed by atoms with Gasteiger partial charge in [-0.1, -0.05) is 12.8 Å². The lowest BCUT2D eigenvalue weighted by atomic mass is 10.0. The zero-order valence-corrected chi connectivity index (χ0v) is 42.0. The maximum absolute atomic E-state index is 13.3. The molecule has 70 heavy (non-hydrogen) atoms. The second-order valence-corrected chi connectivity index (χ2v) is 19.9. The quantitative estimate of drug-likeness (QED) is 0.0399. The number of carbonyl (C=O) groups excluding carboxylic acids is 6. The first kappa shape index (κ1) is 56.0. The van der Waals surface area contributed by atoms with Crippen molar-refractivity contribution in [3.8, 4) is 0 Å². The first-order valence-electron chi connectivity index (χ1n) is 24.5. The monoisotopic (exact) mass is 1020 g/mol. The van der Waals surface area contributed by atoms with E-state index in [1.165, 1.54) is 25.1 Å². The fourth-order valence-corrected chi connectivity index (χ4v) is 11.3. The SMILES string of the molecule is CC(=O)NCCOCCOCCCC(=O)Nc1cc(C(=O)NCCOCCNC(=O)CCCCC2SCC3NC(N)=NC32)cc(C(=O)NCCOCCNC(=O)CCCCC2SCC3NC(N)=NC32)c1. The lowest BCUT2D eigenvalue weighted by molar-refractivity contribution is -0.122. The van der Waals surface area contributed by atoms with Crippen LogP contribution in [0.15, 0.2) is 28.2 Å². The molecule has 390 valence electrons. The van der Waals surface area contributed by atoms with E-state index in [1.54, 1.807) is 0 Å². The number of ether oxygens (including phenoxy) is 4. The number of anilines is 1. The summed E-state index contributed by atoms with van der Waals surface area (Å²) in [7, 11) is 0. The number of nitrogens with one attached hydrogen (secondary N) is 8. The van der Waals surface area contributed by atoms with Crippen molar-refractivity contribution < 1.29 is 47.7 Å². The highest BCUT2D eigenvalue weighted by Crippen LogP contribution is 2.36. The van der Waals surface area contributed by atoms with Gasteiger partial charge in [0.05, 0.1) is 70.4 Å². The Morgan fingerprint density at radius 2 is 0.986 bits per heavy atom. The number of carbonyl (C=O) groups is 6. The van der Waals surface area contributed by atoms with Gasteiger partial charge in [0, 0.05) is 104 Å². The summed E-state index contributed by atoms with van der Waals surface area (Å²) in [4.78, 5) is 84.2. The largest absolute Gasteiger partial charge is 0.379 e. The Morgan fingerprint density at radius 3 is 1.47 bits per heavy atom. The first-order chi connectivity index (χ1) is 33.9. The van der Waals surface area contributed by atoms with Crippen molar-refractivity contribution in [3.05, 3.63) is 29.3 Å². The number of nitrogens with zero attached hydrogens (tertiary/aromatic N) is 2.